The van der Waals surface area contributed by atoms with E-state index in [2.05, 4.69) is 21.1 Å². The van der Waals surface area contributed by atoms with Crippen LogP contribution in [0.3, 0.4) is 0 Å². The standard InChI is InChI=1S/C13H19BrFN3O2/c1-3-18(7-8-20-4-2)10-6-5-9(13(16)17-19)11(14)12(10)15/h5-6,19H,3-4,7-8H2,1-2H3,(H2,16,17). The van der Waals surface area contributed by atoms with Crippen molar-refractivity contribution in [3.63, 3.8) is 0 Å². The first kappa shape index (κ1) is 16.7. The number of rotatable bonds is 7. The van der Waals surface area contributed by atoms with E-state index in [0.29, 0.717) is 37.6 Å². The molecule has 0 bridgehead atoms. The van der Waals surface area contributed by atoms with Gasteiger partial charge in [0.2, 0.25) is 0 Å². The minimum atomic E-state index is -0.438. The molecule has 0 aliphatic rings. The predicted octanol–water partition coefficient (Wildman–Crippen LogP) is 2.55. The second-order valence-corrected chi connectivity index (χ2v) is 4.82. The molecule has 1 aromatic carbocycles. The molecule has 5 nitrogen and oxygen atoms in total. The smallest absolute Gasteiger partial charge is 0.171 e. The molecule has 1 aromatic rings. The van der Waals surface area contributed by atoms with Crippen LogP contribution in [0.5, 0.6) is 0 Å². The van der Waals surface area contributed by atoms with Gasteiger partial charge in [0, 0.05) is 25.3 Å². The lowest BCUT2D eigenvalue weighted by atomic mass is 10.1. The lowest BCUT2D eigenvalue weighted by Crippen LogP contribution is -2.28. The quantitative estimate of drug-likeness (QED) is 0.261. The van der Waals surface area contributed by atoms with Crippen molar-refractivity contribution in [2.24, 2.45) is 10.9 Å². The van der Waals surface area contributed by atoms with Gasteiger partial charge in [0.15, 0.2) is 11.7 Å². The maximum Gasteiger partial charge on any atom is 0.171 e. The molecule has 0 unspecified atom stereocenters. The molecule has 0 aliphatic carbocycles. The summed E-state index contributed by atoms with van der Waals surface area (Å²) in [6, 6.07) is 3.23. The summed E-state index contributed by atoms with van der Waals surface area (Å²) in [4.78, 5) is 1.87. The van der Waals surface area contributed by atoms with E-state index in [1.807, 2.05) is 18.7 Å². The molecule has 0 amide bonds. The number of hydrogen-bond acceptors (Lipinski definition) is 4. The Morgan fingerprint density at radius 1 is 1.50 bits per heavy atom. The molecule has 0 heterocycles. The zero-order valence-corrected chi connectivity index (χ0v) is 13.2. The third-order valence-electron chi connectivity index (χ3n) is 2.88. The Kier molecular flexibility index (Phi) is 6.74. The summed E-state index contributed by atoms with van der Waals surface area (Å²) < 4.78 is 19.9. The van der Waals surface area contributed by atoms with E-state index in [1.54, 1.807) is 12.1 Å². The lowest BCUT2D eigenvalue weighted by molar-refractivity contribution is 0.154. The average Bonchev–Trinajstić information content (AvgIpc) is 2.46. The zero-order chi connectivity index (χ0) is 15.1. The molecule has 0 spiro atoms. The summed E-state index contributed by atoms with van der Waals surface area (Å²) in [6.45, 7) is 6.27. The minimum absolute atomic E-state index is 0.139. The van der Waals surface area contributed by atoms with Gasteiger partial charge < -0.3 is 20.6 Å². The second kappa shape index (κ2) is 8.06. The first-order valence-electron chi connectivity index (χ1n) is 6.35. The van der Waals surface area contributed by atoms with Gasteiger partial charge >= 0.3 is 0 Å². The normalized spacial score (nSPS) is 11.7. The number of nitrogens with two attached hydrogens (primary N) is 1. The molecule has 7 heteroatoms. The number of benzene rings is 1. The SMILES string of the molecule is CCOCCN(CC)c1ccc(/C(N)=N/O)c(Br)c1F. The van der Waals surface area contributed by atoms with Crippen LogP contribution in [0.1, 0.15) is 19.4 Å². The van der Waals surface area contributed by atoms with Crippen molar-refractivity contribution in [2.75, 3.05) is 31.2 Å². The molecule has 3 N–H and O–H groups in total. The molecule has 0 atom stereocenters. The molecule has 0 fully saturated rings. The molecular formula is C13H19BrFN3O2. The topological polar surface area (TPSA) is 71.1 Å². The van der Waals surface area contributed by atoms with Crippen molar-refractivity contribution in [1.29, 1.82) is 0 Å². The Morgan fingerprint density at radius 3 is 2.75 bits per heavy atom. The second-order valence-electron chi connectivity index (χ2n) is 4.02. The number of likely N-dealkylation sites (N-methyl/N-ethyl adjacent to an activating group) is 1. The molecule has 20 heavy (non-hydrogen) atoms. The molecule has 112 valence electrons. The number of nitrogens with zero attached hydrogens (tertiary/aromatic N) is 2. The first-order valence-corrected chi connectivity index (χ1v) is 7.14. The van der Waals surface area contributed by atoms with Gasteiger partial charge in [-0.2, -0.15) is 0 Å². The summed E-state index contributed by atoms with van der Waals surface area (Å²) in [6.07, 6.45) is 0. The van der Waals surface area contributed by atoms with E-state index < -0.39 is 5.82 Å². The summed E-state index contributed by atoms with van der Waals surface area (Å²) in [5.74, 6) is -0.577. The fraction of sp³-hybridized carbons (Fsp3) is 0.462. The average molecular weight is 348 g/mol. The Labute approximate surface area is 126 Å². The maximum absolute atomic E-state index is 14.4. The number of halogens is 2. The fourth-order valence-electron chi connectivity index (χ4n) is 1.80. The Bertz CT molecular complexity index is 483. The highest BCUT2D eigenvalue weighted by Crippen LogP contribution is 2.29. The highest BCUT2D eigenvalue weighted by Gasteiger charge is 2.17. The third kappa shape index (κ3) is 3.83. The molecule has 0 aliphatic heterocycles. The first-order chi connectivity index (χ1) is 9.56. The van der Waals surface area contributed by atoms with Crippen LogP contribution in [-0.2, 0) is 4.74 Å². The van der Waals surface area contributed by atoms with Crippen molar-refractivity contribution in [3.05, 3.63) is 28.0 Å². The molecule has 0 saturated heterocycles. The van der Waals surface area contributed by atoms with Gasteiger partial charge in [-0.05, 0) is 41.9 Å². The van der Waals surface area contributed by atoms with E-state index in [1.165, 1.54) is 0 Å². The van der Waals surface area contributed by atoms with Gasteiger partial charge in [-0.25, -0.2) is 4.39 Å². The Hall–Kier alpha value is -1.34. The number of anilines is 1. The molecular weight excluding hydrogens is 329 g/mol. The van der Waals surface area contributed by atoms with E-state index in [0.717, 1.165) is 0 Å². The number of hydrogen-bond donors (Lipinski definition) is 2. The lowest BCUT2D eigenvalue weighted by Gasteiger charge is -2.24. The van der Waals surface area contributed by atoms with Crippen LogP contribution < -0.4 is 10.6 Å². The largest absolute Gasteiger partial charge is 0.409 e. The van der Waals surface area contributed by atoms with Gasteiger partial charge in [-0.15, -0.1) is 0 Å². The Morgan fingerprint density at radius 2 is 2.20 bits per heavy atom. The molecule has 0 radical (unpaired) electrons. The summed E-state index contributed by atoms with van der Waals surface area (Å²) in [7, 11) is 0. The Balaban J connectivity index is 3.03. The molecule has 0 aromatic heterocycles. The van der Waals surface area contributed by atoms with Gasteiger partial charge in [0.1, 0.15) is 0 Å². The highest BCUT2D eigenvalue weighted by molar-refractivity contribution is 9.10. The third-order valence-corrected chi connectivity index (χ3v) is 3.65. The molecule has 1 rings (SSSR count). The van der Waals surface area contributed by atoms with Crippen LogP contribution in [0.15, 0.2) is 21.8 Å². The van der Waals surface area contributed by atoms with Crippen LogP contribution in [0.25, 0.3) is 0 Å². The maximum atomic E-state index is 14.4. The van der Waals surface area contributed by atoms with Crippen LogP contribution in [0.4, 0.5) is 10.1 Å². The van der Waals surface area contributed by atoms with Crippen molar-refractivity contribution < 1.29 is 14.3 Å². The number of oxime groups is 1. The van der Waals surface area contributed by atoms with Crippen LogP contribution in [0, 0.1) is 5.82 Å². The van der Waals surface area contributed by atoms with Crippen molar-refractivity contribution in [1.82, 2.24) is 0 Å². The van der Waals surface area contributed by atoms with Gasteiger partial charge in [-0.3, -0.25) is 0 Å². The minimum Gasteiger partial charge on any atom is -0.409 e. The summed E-state index contributed by atoms with van der Waals surface area (Å²) in [5, 5.41) is 11.5. The van der Waals surface area contributed by atoms with E-state index in [-0.39, 0.29) is 10.3 Å². The predicted molar refractivity (Wildman–Crippen MR) is 81.0 cm³/mol. The monoisotopic (exact) mass is 347 g/mol. The van der Waals surface area contributed by atoms with E-state index in [9.17, 15) is 4.39 Å². The van der Waals surface area contributed by atoms with Gasteiger partial charge in [0.25, 0.3) is 0 Å². The number of ether oxygens (including phenoxy) is 1. The summed E-state index contributed by atoms with van der Waals surface area (Å²) >= 11 is 3.15. The van der Waals surface area contributed by atoms with Crippen LogP contribution in [-0.4, -0.2) is 37.3 Å². The van der Waals surface area contributed by atoms with Crippen LogP contribution in [0.2, 0.25) is 0 Å². The molecule has 0 saturated carbocycles. The van der Waals surface area contributed by atoms with E-state index >= 15 is 0 Å². The van der Waals surface area contributed by atoms with Crippen LogP contribution >= 0.6 is 15.9 Å². The zero-order valence-electron chi connectivity index (χ0n) is 11.6. The van der Waals surface area contributed by atoms with Gasteiger partial charge in [0.05, 0.1) is 16.8 Å². The van der Waals surface area contributed by atoms with Crippen molar-refractivity contribution in [3.8, 4) is 0 Å². The van der Waals surface area contributed by atoms with E-state index in [4.69, 9.17) is 15.7 Å². The number of amidine groups is 1. The summed E-state index contributed by atoms with van der Waals surface area (Å²) in [5.41, 5.74) is 6.26. The van der Waals surface area contributed by atoms with Crippen molar-refractivity contribution >= 4 is 27.5 Å². The highest BCUT2D eigenvalue weighted by atomic mass is 79.9. The van der Waals surface area contributed by atoms with Crippen molar-refractivity contribution in [2.45, 2.75) is 13.8 Å². The van der Waals surface area contributed by atoms with Gasteiger partial charge in [-0.1, -0.05) is 5.16 Å². The fourth-order valence-corrected chi connectivity index (χ4v) is 2.34.